The maximum Gasteiger partial charge on any atom is 0.172 e. The van der Waals surface area contributed by atoms with E-state index in [4.69, 9.17) is 4.74 Å². The Hall–Kier alpha value is -3.13. The number of hydrogen-bond acceptors (Lipinski definition) is 6. The highest BCUT2D eigenvalue weighted by atomic mass is 19.1. The van der Waals surface area contributed by atoms with Gasteiger partial charge in [-0.1, -0.05) is 13.8 Å². The molecule has 5 rings (SSSR count). The molecule has 7 nitrogen and oxygen atoms in total. The summed E-state index contributed by atoms with van der Waals surface area (Å²) in [6, 6.07) is 6.82. The molecule has 1 aromatic heterocycles. The van der Waals surface area contributed by atoms with Crippen LogP contribution in [-0.2, 0) is 17.6 Å². The topological polar surface area (TPSA) is 83.6 Å². The number of rotatable bonds is 3. The molecule has 0 saturated carbocycles. The number of anilines is 1. The molecule has 168 valence electrons. The van der Waals surface area contributed by atoms with Gasteiger partial charge in [-0.15, -0.1) is 10.2 Å². The predicted molar refractivity (Wildman–Crippen MR) is 119 cm³/mol. The fourth-order valence-electron chi connectivity index (χ4n) is 4.66. The van der Waals surface area contributed by atoms with Gasteiger partial charge >= 0.3 is 0 Å². The summed E-state index contributed by atoms with van der Waals surface area (Å²) in [5, 5.41) is 29.6. The van der Waals surface area contributed by atoms with Gasteiger partial charge in [-0.05, 0) is 42.5 Å². The smallest absolute Gasteiger partial charge is 0.172 e. The molecule has 0 atom stereocenters. The maximum absolute atomic E-state index is 15.7. The van der Waals surface area contributed by atoms with E-state index in [0.717, 1.165) is 12.2 Å². The van der Waals surface area contributed by atoms with E-state index < -0.39 is 0 Å². The Kier molecular flexibility index (Phi) is 5.25. The molecule has 2 aliphatic heterocycles. The number of aromatic nitrogens is 3. The summed E-state index contributed by atoms with van der Waals surface area (Å²) in [5.41, 5.74) is 3.11. The largest absolute Gasteiger partial charge is 0.508 e. The second kappa shape index (κ2) is 8.09. The molecular weight excluding hydrogens is 411 g/mol. The SMILES string of the molecule is CC(C)c1cc(-c2nnc3n2-c2ccc(N4CCOCC4)c(F)c2CCC3)c(O)cc1O. The van der Waals surface area contributed by atoms with Crippen LogP contribution in [0.25, 0.3) is 17.1 Å². The van der Waals surface area contributed by atoms with Gasteiger partial charge in [-0.2, -0.15) is 0 Å². The van der Waals surface area contributed by atoms with Crippen LogP contribution in [-0.4, -0.2) is 51.3 Å². The van der Waals surface area contributed by atoms with E-state index >= 15 is 4.39 Å². The standard InChI is InChI=1S/C24H27FN4O3/c1-14(2)16-12-17(21(31)13-20(16)30)24-27-26-22-5-3-4-15-18(29(22)24)6-7-19(23(15)25)28-8-10-32-11-9-28/h6-7,12-14,30-31H,3-5,8-11H2,1-2H3. The van der Waals surface area contributed by atoms with Crippen molar-refractivity contribution in [2.24, 2.45) is 0 Å². The van der Waals surface area contributed by atoms with Crippen LogP contribution in [0.3, 0.4) is 0 Å². The van der Waals surface area contributed by atoms with Gasteiger partial charge in [0.1, 0.15) is 17.3 Å². The van der Waals surface area contributed by atoms with E-state index in [9.17, 15) is 10.2 Å². The Bertz CT molecular complexity index is 1170. The van der Waals surface area contributed by atoms with E-state index in [1.54, 1.807) is 6.07 Å². The Labute approximate surface area is 186 Å². The molecule has 2 N–H and O–H groups in total. The Balaban J connectivity index is 1.67. The lowest BCUT2D eigenvalue weighted by atomic mass is 9.98. The molecular formula is C24H27FN4O3. The van der Waals surface area contributed by atoms with Crippen LogP contribution in [0.2, 0.25) is 0 Å². The van der Waals surface area contributed by atoms with Crippen molar-refractivity contribution in [2.75, 3.05) is 31.2 Å². The monoisotopic (exact) mass is 438 g/mol. The lowest BCUT2D eigenvalue weighted by Gasteiger charge is -2.30. The number of hydrogen-bond donors (Lipinski definition) is 2. The average molecular weight is 439 g/mol. The summed E-state index contributed by atoms with van der Waals surface area (Å²) < 4.78 is 23.0. The third-order valence-corrected chi connectivity index (χ3v) is 6.36. The summed E-state index contributed by atoms with van der Waals surface area (Å²) >= 11 is 0. The van der Waals surface area contributed by atoms with Crippen LogP contribution >= 0.6 is 0 Å². The zero-order valence-electron chi connectivity index (χ0n) is 18.3. The van der Waals surface area contributed by atoms with Crippen molar-refractivity contribution in [1.29, 1.82) is 0 Å². The number of benzene rings is 2. The number of nitrogens with zero attached hydrogens (tertiary/aromatic N) is 4. The molecule has 0 unspecified atom stereocenters. The first-order valence-electron chi connectivity index (χ1n) is 11.1. The summed E-state index contributed by atoms with van der Waals surface area (Å²) in [7, 11) is 0. The van der Waals surface area contributed by atoms with E-state index in [0.29, 0.717) is 73.0 Å². The van der Waals surface area contributed by atoms with Gasteiger partial charge in [0, 0.05) is 31.1 Å². The molecule has 0 spiro atoms. The van der Waals surface area contributed by atoms with E-state index in [2.05, 4.69) is 10.2 Å². The molecule has 1 fully saturated rings. The Morgan fingerprint density at radius 1 is 1.00 bits per heavy atom. The van der Waals surface area contributed by atoms with Crippen LogP contribution in [0.5, 0.6) is 11.5 Å². The van der Waals surface area contributed by atoms with Crippen molar-refractivity contribution >= 4 is 5.69 Å². The summed E-state index contributed by atoms with van der Waals surface area (Å²) in [4.78, 5) is 2.03. The minimum absolute atomic E-state index is 0.0402. The van der Waals surface area contributed by atoms with Gasteiger partial charge in [-0.3, -0.25) is 4.57 Å². The lowest BCUT2D eigenvalue weighted by Crippen LogP contribution is -2.37. The van der Waals surface area contributed by atoms with Gasteiger partial charge in [0.2, 0.25) is 0 Å². The van der Waals surface area contributed by atoms with Crippen molar-refractivity contribution in [3.8, 4) is 28.6 Å². The summed E-state index contributed by atoms with van der Waals surface area (Å²) in [5.74, 6) is 0.977. The fourth-order valence-corrected chi connectivity index (χ4v) is 4.66. The van der Waals surface area contributed by atoms with Crippen LogP contribution in [0, 0.1) is 5.82 Å². The molecule has 0 bridgehead atoms. The van der Waals surface area contributed by atoms with Crippen molar-refractivity contribution < 1.29 is 19.3 Å². The number of halogens is 1. The number of ether oxygens (including phenoxy) is 1. The number of aromatic hydroxyl groups is 2. The van der Waals surface area contributed by atoms with Crippen molar-refractivity contribution in [1.82, 2.24) is 14.8 Å². The first kappa shape index (κ1) is 20.8. The lowest BCUT2D eigenvalue weighted by molar-refractivity contribution is 0.122. The zero-order valence-corrected chi connectivity index (χ0v) is 18.3. The number of phenols is 2. The predicted octanol–water partition coefficient (Wildman–Crippen LogP) is 3.93. The highest BCUT2D eigenvalue weighted by Gasteiger charge is 2.27. The third kappa shape index (κ3) is 3.39. The van der Waals surface area contributed by atoms with Crippen LogP contribution < -0.4 is 4.90 Å². The number of aryl methyl sites for hydroxylation is 1. The second-order valence-corrected chi connectivity index (χ2v) is 8.71. The first-order chi connectivity index (χ1) is 15.5. The molecule has 0 amide bonds. The molecule has 3 aromatic rings. The quantitative estimate of drug-likeness (QED) is 0.645. The molecule has 1 saturated heterocycles. The Morgan fingerprint density at radius 2 is 1.75 bits per heavy atom. The van der Waals surface area contributed by atoms with Crippen LogP contribution in [0.4, 0.5) is 10.1 Å². The van der Waals surface area contributed by atoms with E-state index in [-0.39, 0.29) is 23.2 Å². The van der Waals surface area contributed by atoms with Crippen molar-refractivity contribution in [2.45, 2.75) is 39.0 Å². The normalized spacial score (nSPS) is 16.1. The second-order valence-electron chi connectivity index (χ2n) is 8.71. The maximum atomic E-state index is 15.7. The Morgan fingerprint density at radius 3 is 2.50 bits per heavy atom. The van der Waals surface area contributed by atoms with Crippen LogP contribution in [0.1, 0.15) is 43.1 Å². The molecule has 0 radical (unpaired) electrons. The van der Waals surface area contributed by atoms with E-state index in [1.165, 1.54) is 6.07 Å². The number of fused-ring (bicyclic) bond motifs is 3. The summed E-state index contributed by atoms with van der Waals surface area (Å²) in [6.07, 6.45) is 2.01. The molecule has 0 aliphatic carbocycles. The number of morpholine rings is 1. The molecule has 3 heterocycles. The average Bonchev–Trinajstić information content (AvgIpc) is 3.09. The minimum Gasteiger partial charge on any atom is -0.508 e. The van der Waals surface area contributed by atoms with Crippen LogP contribution in [0.15, 0.2) is 24.3 Å². The van der Waals surface area contributed by atoms with Crippen molar-refractivity contribution in [3.05, 3.63) is 47.0 Å². The van der Waals surface area contributed by atoms with E-state index in [1.807, 2.05) is 35.4 Å². The van der Waals surface area contributed by atoms with Crippen molar-refractivity contribution in [3.63, 3.8) is 0 Å². The zero-order chi connectivity index (χ0) is 22.4. The highest BCUT2D eigenvalue weighted by molar-refractivity contribution is 5.70. The molecule has 2 aliphatic rings. The van der Waals surface area contributed by atoms with Gasteiger partial charge < -0.3 is 19.8 Å². The van der Waals surface area contributed by atoms with Gasteiger partial charge in [0.25, 0.3) is 0 Å². The first-order valence-corrected chi connectivity index (χ1v) is 11.1. The highest BCUT2D eigenvalue weighted by Crippen LogP contribution is 2.40. The molecule has 32 heavy (non-hydrogen) atoms. The summed E-state index contributed by atoms with van der Waals surface area (Å²) in [6.45, 7) is 6.45. The molecule has 8 heteroatoms. The van der Waals surface area contributed by atoms with Gasteiger partial charge in [0.05, 0.1) is 30.2 Å². The molecule has 2 aromatic carbocycles. The van der Waals surface area contributed by atoms with Gasteiger partial charge in [0.15, 0.2) is 11.6 Å². The third-order valence-electron chi connectivity index (χ3n) is 6.36. The van der Waals surface area contributed by atoms with Gasteiger partial charge in [-0.25, -0.2) is 4.39 Å². The number of phenolic OH excluding ortho intramolecular Hbond substituents is 2. The minimum atomic E-state index is -0.213. The fraction of sp³-hybridized carbons (Fsp3) is 0.417.